The summed E-state index contributed by atoms with van der Waals surface area (Å²) in [6, 6.07) is 15.1. The average molecular weight is 789 g/mol. The number of esters is 1. The minimum atomic E-state index is -0.981. The van der Waals surface area contributed by atoms with Crippen molar-refractivity contribution in [1.82, 2.24) is 19.8 Å². The van der Waals surface area contributed by atoms with Crippen molar-refractivity contribution in [3.8, 4) is 20.9 Å². The Balaban J connectivity index is 0.000000214. The summed E-state index contributed by atoms with van der Waals surface area (Å²) in [4.78, 5) is 74.2. The van der Waals surface area contributed by atoms with Crippen LogP contribution in [0.25, 0.3) is 20.9 Å². The van der Waals surface area contributed by atoms with Gasteiger partial charge in [0.25, 0.3) is 5.91 Å². The van der Waals surface area contributed by atoms with E-state index in [2.05, 4.69) is 22.1 Å². The quantitative estimate of drug-likeness (QED) is 0.184. The minimum absolute atomic E-state index is 0.0223. The minimum Gasteiger partial charge on any atom is -0.453 e. The molecule has 292 valence electrons. The second-order valence-electron chi connectivity index (χ2n) is 14.1. The topological polar surface area (TPSA) is 167 Å². The van der Waals surface area contributed by atoms with E-state index in [1.54, 1.807) is 22.7 Å². The molecule has 4 aromatic rings. The lowest BCUT2D eigenvalue weighted by Gasteiger charge is -2.26. The van der Waals surface area contributed by atoms with Gasteiger partial charge >= 0.3 is 5.97 Å². The molecule has 2 aromatic carbocycles. The van der Waals surface area contributed by atoms with Gasteiger partial charge in [-0.15, -0.1) is 22.7 Å². The van der Waals surface area contributed by atoms with E-state index in [9.17, 15) is 34.2 Å². The number of hydrogen-bond acceptors (Lipinski definition) is 12. The molecule has 2 saturated heterocycles. The SMILES string of the molecule is CC(=O)N1C[C@H](O)C[C@H]1C(=O)CCc1ccc(-c2scnc2C)cc1.CC(=O)O[C@@H](C)C(=O)N1C[C@H](O)C[C@H]1C(=O)CCc1ccc(-c2scnc2C)cc1. The fraction of sp³-hybridized carbons (Fsp3) is 0.439. The first-order valence-corrected chi connectivity index (χ1v) is 20.1. The number of carbonyl (C=O) groups is 5. The van der Waals surface area contributed by atoms with E-state index in [1.165, 1.54) is 35.4 Å². The summed E-state index contributed by atoms with van der Waals surface area (Å²) in [5.74, 6) is -1.24. The Labute approximate surface area is 329 Å². The highest BCUT2D eigenvalue weighted by Crippen LogP contribution is 2.29. The lowest BCUT2D eigenvalue weighted by Crippen LogP contribution is -2.46. The number of aromatic nitrogens is 2. The van der Waals surface area contributed by atoms with Crippen molar-refractivity contribution in [2.24, 2.45) is 0 Å². The van der Waals surface area contributed by atoms with Crippen LogP contribution in [0.2, 0.25) is 0 Å². The van der Waals surface area contributed by atoms with Gasteiger partial charge in [0.05, 0.1) is 56.5 Å². The third-order valence-electron chi connectivity index (χ3n) is 9.92. The molecule has 2 aromatic heterocycles. The summed E-state index contributed by atoms with van der Waals surface area (Å²) in [7, 11) is 0. The number of aliphatic hydroxyl groups excluding tert-OH is 2. The van der Waals surface area contributed by atoms with Crippen molar-refractivity contribution in [2.45, 2.75) is 104 Å². The first kappa shape index (κ1) is 41.5. The molecule has 12 nitrogen and oxygen atoms in total. The second-order valence-corrected chi connectivity index (χ2v) is 15.8. The summed E-state index contributed by atoms with van der Waals surface area (Å²) in [5, 5.41) is 19.7. The highest BCUT2D eigenvalue weighted by atomic mass is 32.1. The molecule has 0 spiro atoms. The van der Waals surface area contributed by atoms with Crippen molar-refractivity contribution >= 4 is 52.0 Å². The Morgan fingerprint density at radius 1 is 0.727 bits per heavy atom. The number of thiazole rings is 2. The summed E-state index contributed by atoms with van der Waals surface area (Å²) in [6.07, 6.45) is 0.0547. The largest absolute Gasteiger partial charge is 0.453 e. The zero-order chi connectivity index (χ0) is 39.8. The molecule has 55 heavy (non-hydrogen) atoms. The fourth-order valence-electron chi connectivity index (χ4n) is 7.03. The van der Waals surface area contributed by atoms with E-state index in [-0.39, 0.29) is 43.4 Å². The zero-order valence-electron chi connectivity index (χ0n) is 31.8. The number of benzene rings is 2. The first-order chi connectivity index (χ1) is 26.2. The Bertz CT molecular complexity index is 1980. The van der Waals surface area contributed by atoms with E-state index in [0.717, 1.165) is 38.5 Å². The summed E-state index contributed by atoms with van der Waals surface area (Å²) >= 11 is 3.22. The lowest BCUT2D eigenvalue weighted by molar-refractivity contribution is -0.158. The molecule has 5 atom stereocenters. The molecule has 14 heteroatoms. The zero-order valence-corrected chi connectivity index (χ0v) is 33.4. The van der Waals surface area contributed by atoms with Crippen LogP contribution in [0.15, 0.2) is 59.6 Å². The Kier molecular flexibility index (Phi) is 14.2. The predicted octanol–water partition coefficient (Wildman–Crippen LogP) is 5.14. The maximum atomic E-state index is 12.8. The van der Waals surface area contributed by atoms with Gasteiger partial charge in [-0.05, 0) is 55.9 Å². The van der Waals surface area contributed by atoms with Gasteiger partial charge in [-0.1, -0.05) is 48.5 Å². The maximum absolute atomic E-state index is 12.8. The van der Waals surface area contributed by atoms with E-state index in [0.29, 0.717) is 25.7 Å². The average Bonchev–Trinajstić information content (AvgIpc) is 3.97. The van der Waals surface area contributed by atoms with E-state index in [1.807, 2.05) is 61.3 Å². The molecular weight excluding hydrogens is 741 g/mol. The van der Waals surface area contributed by atoms with Crippen LogP contribution >= 0.6 is 22.7 Å². The number of aryl methyl sites for hydroxylation is 4. The Morgan fingerprint density at radius 2 is 1.15 bits per heavy atom. The molecule has 0 saturated carbocycles. The third-order valence-corrected chi connectivity index (χ3v) is 11.9. The number of aliphatic hydroxyl groups is 2. The number of amides is 2. The number of Topliss-reactive ketones (excluding diaryl/α,β-unsaturated/α-hetero) is 2. The highest BCUT2D eigenvalue weighted by molar-refractivity contribution is 7.13. The van der Waals surface area contributed by atoms with Gasteiger partial charge in [-0.25, -0.2) is 9.97 Å². The van der Waals surface area contributed by atoms with Gasteiger partial charge in [-0.2, -0.15) is 0 Å². The molecule has 0 unspecified atom stereocenters. The van der Waals surface area contributed by atoms with E-state index >= 15 is 0 Å². The predicted molar refractivity (Wildman–Crippen MR) is 210 cm³/mol. The lowest BCUT2D eigenvalue weighted by atomic mass is 10.00. The normalized spacial score (nSPS) is 19.8. The van der Waals surface area contributed by atoms with Crippen LogP contribution in [-0.2, 0) is 41.6 Å². The number of ketones is 2. The van der Waals surface area contributed by atoms with Crippen molar-refractivity contribution in [2.75, 3.05) is 13.1 Å². The number of likely N-dealkylation sites (tertiary alicyclic amines) is 2. The molecule has 0 radical (unpaired) electrons. The van der Waals surface area contributed by atoms with Crippen LogP contribution in [0.4, 0.5) is 0 Å². The van der Waals surface area contributed by atoms with Gasteiger partial charge in [0.1, 0.15) is 0 Å². The molecule has 0 bridgehead atoms. The number of ether oxygens (including phenoxy) is 1. The molecular formula is C41H48N4O8S2. The number of hydrogen-bond donors (Lipinski definition) is 2. The van der Waals surface area contributed by atoms with E-state index < -0.39 is 42.3 Å². The molecule has 2 aliphatic rings. The first-order valence-electron chi connectivity index (χ1n) is 18.4. The summed E-state index contributed by atoms with van der Waals surface area (Å²) in [6.45, 7) is 8.45. The maximum Gasteiger partial charge on any atom is 0.303 e. The molecule has 0 aliphatic carbocycles. The second kappa shape index (κ2) is 18.8. The monoisotopic (exact) mass is 788 g/mol. The van der Waals surface area contributed by atoms with Crippen molar-refractivity contribution in [3.05, 3.63) is 82.1 Å². The summed E-state index contributed by atoms with van der Waals surface area (Å²) < 4.78 is 4.94. The van der Waals surface area contributed by atoms with Gasteiger partial charge in [0.15, 0.2) is 17.7 Å². The van der Waals surface area contributed by atoms with Gasteiger partial charge in [0, 0.05) is 52.6 Å². The summed E-state index contributed by atoms with van der Waals surface area (Å²) in [5.41, 5.74) is 10.0. The van der Waals surface area contributed by atoms with Gasteiger partial charge in [0.2, 0.25) is 5.91 Å². The van der Waals surface area contributed by atoms with Gasteiger partial charge in [-0.3, -0.25) is 24.0 Å². The van der Waals surface area contributed by atoms with Crippen molar-refractivity contribution in [3.63, 3.8) is 0 Å². The standard InChI is InChI=1S/C22H26N2O5S.C19H22N2O3S/c1-13-21(30-12-23-13)17-7-4-16(5-8-17)6-9-20(27)19-10-18(26)11-24(19)22(28)14(2)29-15(3)25;1-12-19(25-11-20-12)15-6-3-14(4-7-15)5-8-18(24)17-9-16(23)10-21(17)13(2)22/h4-5,7-8,12,14,18-19,26H,6,9-11H2,1-3H3;3-4,6-7,11,16-17,23H,5,8-10H2,1-2H3/t14-,18+,19-;16-,17+/m01/s1. The molecule has 4 heterocycles. The van der Waals surface area contributed by atoms with Crippen LogP contribution in [0.5, 0.6) is 0 Å². The molecule has 2 fully saturated rings. The van der Waals surface area contributed by atoms with Crippen LogP contribution in [-0.4, -0.2) is 103 Å². The van der Waals surface area contributed by atoms with Crippen molar-refractivity contribution in [1.29, 1.82) is 0 Å². The Morgan fingerprint density at radius 3 is 1.53 bits per heavy atom. The Hall–Kier alpha value is -4.63. The molecule has 2 amide bonds. The number of carbonyl (C=O) groups excluding carboxylic acids is 5. The number of nitrogens with zero attached hydrogens (tertiary/aromatic N) is 4. The smallest absolute Gasteiger partial charge is 0.303 e. The molecule has 6 rings (SSSR count). The van der Waals surface area contributed by atoms with E-state index in [4.69, 9.17) is 4.74 Å². The third kappa shape index (κ3) is 10.8. The van der Waals surface area contributed by atoms with Crippen LogP contribution in [0.3, 0.4) is 0 Å². The van der Waals surface area contributed by atoms with Crippen molar-refractivity contribution < 1.29 is 38.9 Å². The molecule has 2 N–H and O–H groups in total. The van der Waals surface area contributed by atoms with Crippen LogP contribution in [0, 0.1) is 13.8 Å². The van der Waals surface area contributed by atoms with Gasteiger partial charge < -0.3 is 24.7 Å². The molecule has 2 aliphatic heterocycles. The number of β-amino-alcohol motifs (C(OH)–C–C–N with tert-alkyl or cyclic N) is 2. The van der Waals surface area contributed by atoms with Crippen LogP contribution in [0.1, 0.15) is 69.0 Å². The fourth-order valence-corrected chi connectivity index (χ4v) is 8.66. The highest BCUT2D eigenvalue weighted by Gasteiger charge is 2.40. The number of rotatable bonds is 12. The van der Waals surface area contributed by atoms with Crippen LogP contribution < -0.4 is 0 Å².